The van der Waals surface area contributed by atoms with Gasteiger partial charge in [0, 0.05) is 0 Å². The van der Waals surface area contributed by atoms with Crippen LogP contribution in [0.2, 0.25) is 0 Å². The van der Waals surface area contributed by atoms with Crippen LogP contribution in [0, 0.1) is 7.43 Å². The second-order valence-electron chi connectivity index (χ2n) is 0. The largest absolute Gasteiger partial charge is 4.00 e. The molecule has 0 aliphatic heterocycles. The zero-order valence-electron chi connectivity index (χ0n) is 5.49. The molecule has 0 radical (unpaired) electrons. The Morgan fingerprint density at radius 1 is 0.308 bits per heavy atom. The molecule has 0 atom stereocenters. The van der Waals surface area contributed by atoms with Crippen molar-refractivity contribution in [2.45, 2.75) is 0 Å². The summed E-state index contributed by atoms with van der Waals surface area (Å²) in [5.74, 6) is 0. The fourth-order valence-electron chi connectivity index (χ4n) is 0. The third kappa shape index (κ3) is 1800000. The van der Waals surface area contributed by atoms with Gasteiger partial charge in [-0.3, -0.25) is 0 Å². The van der Waals surface area contributed by atoms with Crippen LogP contribution in [-0.4, -0.2) is 0 Å². The third-order valence-corrected chi connectivity index (χ3v) is 0. The molecular weight excluding hydrogens is 266 g/mol. The summed E-state index contributed by atoms with van der Waals surface area (Å²) in [7, 11) is 0. The van der Waals surface area contributed by atoms with E-state index in [9.17, 15) is 0 Å². The first-order valence-corrected chi connectivity index (χ1v) is 0. The van der Waals surface area contributed by atoms with E-state index < -0.39 is 0 Å². The summed E-state index contributed by atoms with van der Waals surface area (Å²) in [6.45, 7) is 0. The van der Waals surface area contributed by atoms with Gasteiger partial charge >= 0.3 is 29.1 Å². The zero-order valence-corrected chi connectivity index (χ0v) is 7.05. The monoisotopic (exact) mass is 270 g/mol. The fourth-order valence-corrected chi connectivity index (χ4v) is 0. The maximum absolute atomic E-state index is 0. The predicted molar refractivity (Wildman–Crippen MR) is 9.51 cm³/mol. The Morgan fingerprint density at radius 3 is 0.308 bits per heavy atom. The SMILES string of the molecule is [C+4].[F-].[F-].[F-].[F-].[F-].[F-].[F-].[F-].[F-].[F-].[OH4+2].[Ti+4]. The molecule has 0 spiro atoms. The molecule has 0 aliphatic rings. The van der Waals surface area contributed by atoms with Crippen molar-refractivity contribution in [3.8, 4) is 0 Å². The average molecular weight is 270 g/mol. The Balaban J connectivity index is 0. The van der Waals surface area contributed by atoms with Crippen molar-refractivity contribution in [2.24, 2.45) is 0 Å². The summed E-state index contributed by atoms with van der Waals surface area (Å²) in [5, 5.41) is 0. The molecule has 1 nitrogen and oxygen atoms in total. The second-order valence-corrected chi connectivity index (χ2v) is 0. The fraction of sp³-hybridized carbons (Fsp3) is 0. The minimum atomic E-state index is 0. The van der Waals surface area contributed by atoms with E-state index in [1.165, 1.54) is 0 Å². The Kier molecular flexibility index (Phi) is 472000000000. The van der Waals surface area contributed by atoms with E-state index >= 15 is 0 Å². The zero-order chi connectivity index (χ0) is 0. The number of rotatable bonds is 0. The van der Waals surface area contributed by atoms with Gasteiger partial charge in [0.05, 0.1) is 0 Å². The van der Waals surface area contributed by atoms with Gasteiger partial charge in [0.1, 0.15) is 0 Å². The molecule has 0 unspecified atom stereocenters. The van der Waals surface area contributed by atoms with E-state index in [0.717, 1.165) is 0 Å². The van der Waals surface area contributed by atoms with E-state index in [1.807, 2.05) is 0 Å². The molecule has 13 heavy (non-hydrogen) atoms. The summed E-state index contributed by atoms with van der Waals surface area (Å²) in [6.07, 6.45) is 0. The molecule has 88 valence electrons. The van der Waals surface area contributed by atoms with Crippen LogP contribution in [0.25, 0.3) is 0 Å². The first kappa shape index (κ1) is 2810000. The number of hydrogen-bond donors (Lipinski definition) is 0. The van der Waals surface area contributed by atoms with Crippen LogP contribution in [0.5, 0.6) is 0 Å². The molecule has 0 amide bonds. The van der Waals surface area contributed by atoms with Crippen molar-refractivity contribution in [1.29, 1.82) is 0 Å². The Bertz CT molecular complexity index is 14.9. The van der Waals surface area contributed by atoms with Gasteiger partial charge in [-0.1, -0.05) is 0 Å². The third-order valence-electron chi connectivity index (χ3n) is 0. The molecule has 0 heterocycles. The second kappa shape index (κ2) is 2180000. The van der Waals surface area contributed by atoms with Crippen LogP contribution in [0.4, 0.5) is 0 Å². The first-order chi connectivity index (χ1) is 0. The normalized spacial score (nSPS) is 0. The summed E-state index contributed by atoms with van der Waals surface area (Å²) in [6, 6.07) is 0. The van der Waals surface area contributed by atoms with Crippen molar-refractivity contribution in [2.75, 3.05) is 0 Å². The standard InChI is InChI=1S/C.10FH.H4O.Ti/h;10*1H;1H4;/q+4;;;;;;;;;;;+2;+4/p-10. The Labute approximate surface area is 82.5 Å². The van der Waals surface area contributed by atoms with Gasteiger partial charge in [-0.25, -0.2) is 0 Å². The molecule has 0 rings (SSSR count). The molecule has 0 fully saturated rings. The number of hydrogen-bond acceptors (Lipinski definition) is 0. The minimum absolute atomic E-state index is 0. The topological polar surface area (TPSA) is 34.5 Å². The molecule has 0 aromatic carbocycles. The molecule has 12 heteroatoms. The van der Waals surface area contributed by atoms with E-state index in [-0.39, 0.29) is 81.7 Å². The van der Waals surface area contributed by atoms with Crippen LogP contribution >= 0.6 is 0 Å². The van der Waals surface area contributed by atoms with Crippen LogP contribution in [0.3, 0.4) is 0 Å². The van der Waals surface area contributed by atoms with E-state index in [0.29, 0.717) is 0 Å². The van der Waals surface area contributed by atoms with Crippen LogP contribution in [-0.2, 0) is 27.2 Å². The summed E-state index contributed by atoms with van der Waals surface area (Å²) in [4.78, 5) is 0. The molecular formula is CH4F10OTi. The van der Waals surface area contributed by atoms with Crippen molar-refractivity contribution in [3.63, 3.8) is 0 Å². The van der Waals surface area contributed by atoms with Gasteiger partial charge < -0.3 is 52.5 Å². The molecule has 4 N–H and O–H groups in total. The molecule has 0 bridgehead atoms. The molecule has 0 aromatic heterocycles. The van der Waals surface area contributed by atoms with Gasteiger partial charge in [-0.05, 0) is 0 Å². The van der Waals surface area contributed by atoms with Crippen LogP contribution in [0.1, 0.15) is 0 Å². The van der Waals surface area contributed by atoms with Crippen LogP contribution in [0.15, 0.2) is 0 Å². The van der Waals surface area contributed by atoms with Gasteiger partial charge in [-0.2, -0.15) is 0 Å². The van der Waals surface area contributed by atoms with Crippen LogP contribution < -0.4 is 47.0 Å². The molecule has 0 saturated carbocycles. The van der Waals surface area contributed by atoms with Gasteiger partial charge in [-0.15, -0.1) is 0 Å². The first-order valence-electron chi connectivity index (χ1n) is 0. The Morgan fingerprint density at radius 2 is 0.308 bits per heavy atom. The van der Waals surface area contributed by atoms with Gasteiger partial charge in [0.15, 0.2) is 0 Å². The molecule has 0 aromatic rings. The molecule has 0 aliphatic carbocycles. The van der Waals surface area contributed by atoms with Gasteiger partial charge in [0.25, 0.3) is 0 Å². The Hall–Kier alpha value is -0.0257. The van der Waals surface area contributed by atoms with Crippen molar-refractivity contribution >= 4 is 0 Å². The van der Waals surface area contributed by atoms with E-state index in [1.54, 1.807) is 0 Å². The quantitative estimate of drug-likeness (QED) is 0.309. The van der Waals surface area contributed by atoms with E-state index in [2.05, 4.69) is 0 Å². The van der Waals surface area contributed by atoms with Gasteiger partial charge in [0.2, 0.25) is 0 Å². The van der Waals surface area contributed by atoms with E-state index in [4.69, 9.17) is 0 Å². The predicted octanol–water partition coefficient (Wildman–Crippen LogP) is -31.1. The van der Waals surface area contributed by atoms with Crippen molar-refractivity contribution in [1.82, 2.24) is 0 Å². The summed E-state index contributed by atoms with van der Waals surface area (Å²) >= 11 is 0. The maximum Gasteiger partial charge on any atom is 4.00 e. The molecule has 0 saturated heterocycles. The summed E-state index contributed by atoms with van der Waals surface area (Å²) < 4.78 is 0. The average Bonchev–Trinajstić information content (AvgIpc) is 0. The van der Waals surface area contributed by atoms with Crippen molar-refractivity contribution < 1.29 is 74.2 Å². The minimum Gasteiger partial charge on any atom is -1.00 e. The smallest absolute Gasteiger partial charge is 1.00 e. The van der Waals surface area contributed by atoms with Crippen molar-refractivity contribution in [3.05, 3.63) is 7.43 Å². The summed E-state index contributed by atoms with van der Waals surface area (Å²) in [5.41, 5.74) is 0. The number of halogens is 10. The maximum atomic E-state index is 0.